The number of methoxy groups -OCH3 is 1. The summed E-state index contributed by atoms with van der Waals surface area (Å²) in [6, 6.07) is 0. The zero-order valence-corrected chi connectivity index (χ0v) is 15.2. The number of carbonyl (C=O) groups excluding carboxylic acids is 1. The smallest absolute Gasteiger partial charge is 0.341 e. The van der Waals surface area contributed by atoms with Crippen LogP contribution in [0.1, 0.15) is 66.2 Å². The van der Waals surface area contributed by atoms with Gasteiger partial charge in [0, 0.05) is 5.92 Å². The van der Waals surface area contributed by atoms with E-state index in [4.69, 9.17) is 9.47 Å². The molecule has 0 amide bonds. The van der Waals surface area contributed by atoms with Gasteiger partial charge < -0.3 is 14.6 Å². The highest BCUT2D eigenvalue weighted by Crippen LogP contribution is 2.69. The molecule has 0 radical (unpaired) electrons. The molecule has 4 heteroatoms. The van der Waals surface area contributed by atoms with Crippen molar-refractivity contribution in [3.63, 3.8) is 0 Å². The molecule has 1 N–H and O–H groups in total. The Balaban J connectivity index is 1.97. The lowest BCUT2D eigenvalue weighted by molar-refractivity contribution is -0.159. The van der Waals surface area contributed by atoms with Crippen LogP contribution in [0.25, 0.3) is 0 Å². The summed E-state index contributed by atoms with van der Waals surface area (Å²) in [7, 11) is 1.46. The molecule has 3 fully saturated rings. The van der Waals surface area contributed by atoms with Gasteiger partial charge >= 0.3 is 5.97 Å². The molecule has 0 aromatic rings. The summed E-state index contributed by atoms with van der Waals surface area (Å²) >= 11 is 0. The average Bonchev–Trinajstić information content (AvgIpc) is 3.18. The fourth-order valence-electron chi connectivity index (χ4n) is 6.04. The minimum atomic E-state index is -0.748. The first kappa shape index (κ1) is 17.2. The van der Waals surface area contributed by atoms with Crippen molar-refractivity contribution in [2.75, 3.05) is 7.11 Å². The summed E-state index contributed by atoms with van der Waals surface area (Å²) in [5, 5.41) is 9.79. The summed E-state index contributed by atoms with van der Waals surface area (Å²) in [5.41, 5.74) is -0.384. The quantitative estimate of drug-likeness (QED) is 0.637. The minimum absolute atomic E-state index is 0.00407. The summed E-state index contributed by atoms with van der Waals surface area (Å²) in [6.07, 6.45) is 5.74. The van der Waals surface area contributed by atoms with Gasteiger partial charge in [0.25, 0.3) is 0 Å². The van der Waals surface area contributed by atoms with Gasteiger partial charge in [0.15, 0.2) is 5.60 Å². The second kappa shape index (κ2) is 5.45. The number of hydrogen-bond acceptors (Lipinski definition) is 4. The van der Waals surface area contributed by atoms with E-state index in [0.29, 0.717) is 12.3 Å². The average molecular weight is 324 g/mol. The Morgan fingerprint density at radius 3 is 2.65 bits per heavy atom. The number of hydrogen-bond donors (Lipinski definition) is 1. The van der Waals surface area contributed by atoms with Crippen LogP contribution in [-0.2, 0) is 14.3 Å². The van der Waals surface area contributed by atoms with Crippen molar-refractivity contribution in [2.45, 2.75) is 84.0 Å². The number of ether oxygens (including phenoxy) is 2. The second-order valence-corrected chi connectivity index (χ2v) is 9.01. The van der Waals surface area contributed by atoms with Crippen molar-refractivity contribution in [1.82, 2.24) is 0 Å². The van der Waals surface area contributed by atoms with Crippen LogP contribution in [0.2, 0.25) is 0 Å². The van der Waals surface area contributed by atoms with Crippen LogP contribution in [0.5, 0.6) is 0 Å². The largest absolute Gasteiger partial charge is 0.467 e. The number of aliphatic hydroxyl groups is 1. The lowest BCUT2D eigenvalue weighted by Gasteiger charge is -2.57. The summed E-state index contributed by atoms with van der Waals surface area (Å²) < 4.78 is 11.2. The van der Waals surface area contributed by atoms with Crippen LogP contribution in [0.4, 0.5) is 0 Å². The van der Waals surface area contributed by atoms with Gasteiger partial charge in [-0.15, -0.1) is 0 Å². The first-order valence-corrected chi connectivity index (χ1v) is 9.13. The van der Waals surface area contributed by atoms with Crippen molar-refractivity contribution in [1.29, 1.82) is 0 Å². The predicted octanol–water partition coefficient (Wildman–Crippen LogP) is 3.31. The Kier molecular flexibility index (Phi) is 4.08. The van der Waals surface area contributed by atoms with Crippen molar-refractivity contribution in [2.24, 2.45) is 22.7 Å². The number of fused-ring (bicyclic) bond motifs is 2. The number of epoxide rings is 1. The number of rotatable bonds is 4. The summed E-state index contributed by atoms with van der Waals surface area (Å²) in [4.78, 5) is 12.6. The SMILES string of the molecule is COC(=O)[C@@]12O[C@@H]1C[C@H]1C(C)(C)CCC[C@]1(C)[C@H]2CCC(C)O. The highest BCUT2D eigenvalue weighted by atomic mass is 16.7. The maximum atomic E-state index is 12.6. The molecule has 1 unspecified atom stereocenters. The molecule has 6 atom stereocenters. The molecule has 1 heterocycles. The fourth-order valence-corrected chi connectivity index (χ4v) is 6.04. The van der Waals surface area contributed by atoms with Crippen LogP contribution in [0.15, 0.2) is 0 Å². The van der Waals surface area contributed by atoms with Crippen molar-refractivity contribution < 1.29 is 19.4 Å². The molecule has 132 valence electrons. The van der Waals surface area contributed by atoms with E-state index in [0.717, 1.165) is 19.3 Å². The third-order valence-corrected chi connectivity index (χ3v) is 7.18. The van der Waals surface area contributed by atoms with Gasteiger partial charge in [-0.1, -0.05) is 27.2 Å². The van der Waals surface area contributed by atoms with Gasteiger partial charge in [0.1, 0.15) is 0 Å². The Morgan fingerprint density at radius 2 is 2.04 bits per heavy atom. The first-order chi connectivity index (χ1) is 10.7. The topological polar surface area (TPSA) is 59.1 Å². The second-order valence-electron chi connectivity index (χ2n) is 9.01. The summed E-state index contributed by atoms with van der Waals surface area (Å²) in [5.74, 6) is 0.495. The molecule has 4 nitrogen and oxygen atoms in total. The van der Waals surface area contributed by atoms with Crippen LogP contribution < -0.4 is 0 Å². The third kappa shape index (κ3) is 2.44. The Bertz CT molecular complexity index is 486. The Hall–Kier alpha value is -0.610. The van der Waals surface area contributed by atoms with Gasteiger partial charge in [-0.25, -0.2) is 4.79 Å². The molecule has 1 saturated heterocycles. The van der Waals surface area contributed by atoms with E-state index in [2.05, 4.69) is 20.8 Å². The standard InChI is InChI=1S/C19H32O4/c1-12(20)7-8-13-18(4)10-6-9-17(2,3)14(18)11-15-19(13,23-15)16(21)22-5/h12-15,20H,6-11H2,1-5H3/t12?,13-,14+,15-,18-,19+/m1/s1. The Labute approximate surface area is 139 Å². The van der Waals surface area contributed by atoms with Gasteiger partial charge in [0.2, 0.25) is 0 Å². The molecule has 0 bridgehead atoms. The number of aliphatic hydroxyl groups excluding tert-OH is 1. The van der Waals surface area contributed by atoms with Crippen LogP contribution in [-0.4, -0.2) is 36.0 Å². The summed E-state index contributed by atoms with van der Waals surface area (Å²) in [6.45, 7) is 8.92. The molecule has 0 spiro atoms. The third-order valence-electron chi connectivity index (χ3n) is 7.18. The molecule has 23 heavy (non-hydrogen) atoms. The van der Waals surface area contributed by atoms with E-state index in [1.807, 2.05) is 6.92 Å². The molecule has 2 aliphatic carbocycles. The predicted molar refractivity (Wildman–Crippen MR) is 87.9 cm³/mol. The zero-order valence-electron chi connectivity index (χ0n) is 15.2. The van der Waals surface area contributed by atoms with Crippen molar-refractivity contribution in [3.8, 4) is 0 Å². The van der Waals surface area contributed by atoms with E-state index in [1.54, 1.807) is 0 Å². The van der Waals surface area contributed by atoms with Gasteiger partial charge in [-0.3, -0.25) is 0 Å². The molecule has 3 rings (SSSR count). The highest BCUT2D eigenvalue weighted by Gasteiger charge is 2.76. The molecule has 3 aliphatic rings. The zero-order chi connectivity index (χ0) is 17.0. The highest BCUT2D eigenvalue weighted by molar-refractivity contribution is 5.84. The van der Waals surface area contributed by atoms with Gasteiger partial charge in [-0.05, 0) is 55.8 Å². The number of carbonyl (C=O) groups is 1. The van der Waals surface area contributed by atoms with E-state index in [9.17, 15) is 9.90 Å². The van der Waals surface area contributed by atoms with Crippen molar-refractivity contribution >= 4 is 5.97 Å². The molecular formula is C19H32O4. The maximum absolute atomic E-state index is 12.6. The fraction of sp³-hybridized carbons (Fsp3) is 0.947. The molecule has 2 saturated carbocycles. The monoisotopic (exact) mass is 324 g/mol. The minimum Gasteiger partial charge on any atom is -0.467 e. The van der Waals surface area contributed by atoms with Crippen LogP contribution in [0, 0.1) is 22.7 Å². The van der Waals surface area contributed by atoms with Crippen LogP contribution >= 0.6 is 0 Å². The van der Waals surface area contributed by atoms with E-state index in [1.165, 1.54) is 20.0 Å². The molecule has 0 aromatic heterocycles. The molecule has 1 aliphatic heterocycles. The normalized spacial score (nSPS) is 45.6. The first-order valence-electron chi connectivity index (χ1n) is 9.13. The van der Waals surface area contributed by atoms with Gasteiger partial charge in [-0.2, -0.15) is 0 Å². The van der Waals surface area contributed by atoms with Gasteiger partial charge in [0.05, 0.1) is 19.3 Å². The van der Waals surface area contributed by atoms with E-state index < -0.39 is 5.60 Å². The lowest BCUT2D eigenvalue weighted by Crippen LogP contribution is -2.57. The lowest BCUT2D eigenvalue weighted by atomic mass is 9.46. The van der Waals surface area contributed by atoms with Crippen molar-refractivity contribution in [3.05, 3.63) is 0 Å². The molecular weight excluding hydrogens is 292 g/mol. The van der Waals surface area contributed by atoms with Crippen LogP contribution in [0.3, 0.4) is 0 Å². The Morgan fingerprint density at radius 1 is 1.35 bits per heavy atom. The maximum Gasteiger partial charge on any atom is 0.341 e. The van der Waals surface area contributed by atoms with E-state index in [-0.39, 0.29) is 34.9 Å². The number of esters is 1. The van der Waals surface area contributed by atoms with E-state index >= 15 is 0 Å². The molecule has 0 aromatic carbocycles.